The zero-order chi connectivity index (χ0) is 18.9. The molecule has 2 atom stereocenters. The number of nitrogens with zero attached hydrogens (tertiary/aromatic N) is 1. The zero-order valence-corrected chi connectivity index (χ0v) is 15.1. The van der Waals surface area contributed by atoms with E-state index in [0.29, 0.717) is 12.1 Å². The standard InChI is InChI=1S/C20H26FNO4/c1-19(8-2-3-9-19)17(24)22-10-7-16(23)20(13-22,18(25)26)12-14-5-4-6-15(21)11-14/h4-6,11,16,23H,2-3,7-10,12-13H2,1H3,(H,25,26)/t16-,20-/m1/s1. The zero-order valence-electron chi connectivity index (χ0n) is 15.1. The Balaban J connectivity index is 1.87. The van der Waals surface area contributed by atoms with E-state index in [9.17, 15) is 24.2 Å². The quantitative estimate of drug-likeness (QED) is 0.862. The molecule has 1 aromatic rings. The lowest BCUT2D eigenvalue weighted by Gasteiger charge is -2.45. The van der Waals surface area contributed by atoms with Gasteiger partial charge in [0.25, 0.3) is 0 Å². The van der Waals surface area contributed by atoms with Gasteiger partial charge < -0.3 is 15.1 Å². The molecule has 1 amide bonds. The predicted octanol–water partition coefficient (Wildman–Crippen LogP) is 2.61. The van der Waals surface area contributed by atoms with Gasteiger partial charge in [-0.05, 0) is 43.4 Å². The monoisotopic (exact) mass is 363 g/mol. The van der Waals surface area contributed by atoms with E-state index in [1.165, 1.54) is 18.2 Å². The second-order valence-corrected chi connectivity index (χ2v) is 8.07. The van der Waals surface area contributed by atoms with E-state index in [1.54, 1.807) is 11.0 Å². The van der Waals surface area contributed by atoms with E-state index in [-0.39, 0.29) is 25.3 Å². The maximum atomic E-state index is 13.5. The van der Waals surface area contributed by atoms with Crippen molar-refractivity contribution in [3.8, 4) is 0 Å². The van der Waals surface area contributed by atoms with Crippen LogP contribution in [0, 0.1) is 16.6 Å². The van der Waals surface area contributed by atoms with Gasteiger partial charge in [-0.1, -0.05) is 31.9 Å². The minimum Gasteiger partial charge on any atom is -0.481 e. The average Bonchev–Trinajstić information content (AvgIpc) is 3.04. The van der Waals surface area contributed by atoms with Crippen LogP contribution in [0.2, 0.25) is 0 Å². The van der Waals surface area contributed by atoms with Gasteiger partial charge in [0.2, 0.25) is 5.91 Å². The van der Waals surface area contributed by atoms with Gasteiger partial charge in [-0.3, -0.25) is 9.59 Å². The van der Waals surface area contributed by atoms with Crippen LogP contribution in [0.3, 0.4) is 0 Å². The minimum atomic E-state index is -1.52. The van der Waals surface area contributed by atoms with Gasteiger partial charge >= 0.3 is 5.97 Å². The molecule has 1 aliphatic heterocycles. The molecule has 0 radical (unpaired) electrons. The highest BCUT2D eigenvalue weighted by atomic mass is 19.1. The number of carboxylic acid groups (broad SMARTS) is 1. The van der Waals surface area contributed by atoms with Crippen molar-refractivity contribution in [2.75, 3.05) is 13.1 Å². The molecule has 2 N–H and O–H groups in total. The van der Waals surface area contributed by atoms with Gasteiger partial charge in [-0.25, -0.2) is 4.39 Å². The molecule has 0 aromatic heterocycles. The van der Waals surface area contributed by atoms with Gasteiger partial charge in [0.1, 0.15) is 11.2 Å². The summed E-state index contributed by atoms with van der Waals surface area (Å²) in [5, 5.41) is 20.5. The fraction of sp³-hybridized carbons (Fsp3) is 0.600. The topological polar surface area (TPSA) is 77.8 Å². The maximum Gasteiger partial charge on any atom is 0.314 e. The van der Waals surface area contributed by atoms with Crippen molar-refractivity contribution in [1.82, 2.24) is 4.90 Å². The third-order valence-electron chi connectivity index (χ3n) is 6.13. The SMILES string of the molecule is CC1(C(=O)N2CC[C@@H](O)[C@](Cc3cccc(F)c3)(C(=O)O)C2)CCCC1. The lowest BCUT2D eigenvalue weighted by molar-refractivity contribution is -0.168. The summed E-state index contributed by atoms with van der Waals surface area (Å²) in [7, 11) is 0. The Morgan fingerprint density at radius 2 is 2.00 bits per heavy atom. The van der Waals surface area contributed by atoms with Crippen molar-refractivity contribution in [3.05, 3.63) is 35.6 Å². The van der Waals surface area contributed by atoms with Crippen molar-refractivity contribution >= 4 is 11.9 Å². The summed E-state index contributed by atoms with van der Waals surface area (Å²) in [5.41, 5.74) is -1.45. The number of benzene rings is 1. The normalized spacial score (nSPS) is 28.1. The van der Waals surface area contributed by atoms with Crippen LogP contribution < -0.4 is 0 Å². The molecule has 0 bridgehead atoms. The number of carbonyl (C=O) groups is 2. The van der Waals surface area contributed by atoms with Gasteiger partial charge in [-0.2, -0.15) is 0 Å². The molecular weight excluding hydrogens is 337 g/mol. The molecule has 3 rings (SSSR count). The van der Waals surface area contributed by atoms with Crippen LogP contribution in [-0.4, -0.2) is 46.2 Å². The second kappa shape index (κ2) is 6.99. The van der Waals surface area contributed by atoms with Crippen LogP contribution in [0.15, 0.2) is 24.3 Å². The van der Waals surface area contributed by atoms with Crippen LogP contribution in [0.4, 0.5) is 4.39 Å². The summed E-state index contributed by atoms with van der Waals surface area (Å²) in [4.78, 5) is 26.8. The number of carbonyl (C=O) groups excluding carboxylic acids is 1. The molecule has 1 aliphatic carbocycles. The average molecular weight is 363 g/mol. The summed E-state index contributed by atoms with van der Waals surface area (Å²) in [6.45, 7) is 2.25. The fourth-order valence-corrected chi connectivity index (χ4v) is 4.47. The van der Waals surface area contributed by atoms with E-state index >= 15 is 0 Å². The highest BCUT2D eigenvalue weighted by Gasteiger charge is 2.52. The number of halogens is 1. The molecule has 1 saturated carbocycles. The Kier molecular flexibility index (Phi) is 5.06. The van der Waals surface area contributed by atoms with E-state index in [4.69, 9.17) is 0 Å². The van der Waals surface area contributed by atoms with Crippen molar-refractivity contribution in [3.63, 3.8) is 0 Å². The number of hydrogen-bond acceptors (Lipinski definition) is 3. The fourth-order valence-electron chi connectivity index (χ4n) is 4.47. The first kappa shape index (κ1) is 18.8. The van der Waals surface area contributed by atoms with E-state index in [1.807, 2.05) is 6.92 Å². The Bertz CT molecular complexity index is 701. The number of likely N-dealkylation sites (tertiary alicyclic amines) is 1. The first-order valence-electron chi connectivity index (χ1n) is 9.22. The van der Waals surface area contributed by atoms with Crippen molar-refractivity contribution in [2.45, 2.75) is 51.6 Å². The van der Waals surface area contributed by atoms with Crippen LogP contribution in [0.5, 0.6) is 0 Å². The lowest BCUT2D eigenvalue weighted by atomic mass is 9.72. The van der Waals surface area contributed by atoms with Crippen LogP contribution in [-0.2, 0) is 16.0 Å². The molecule has 1 aromatic carbocycles. The molecule has 1 heterocycles. The number of aliphatic hydroxyl groups excluding tert-OH is 1. The molecular formula is C20H26FNO4. The van der Waals surface area contributed by atoms with E-state index < -0.39 is 28.7 Å². The van der Waals surface area contributed by atoms with Crippen LogP contribution in [0.25, 0.3) is 0 Å². The number of piperidine rings is 1. The van der Waals surface area contributed by atoms with E-state index in [0.717, 1.165) is 25.7 Å². The predicted molar refractivity (Wildman–Crippen MR) is 94.0 cm³/mol. The molecule has 1 saturated heterocycles. The third kappa shape index (κ3) is 3.34. The number of aliphatic hydroxyl groups is 1. The molecule has 142 valence electrons. The summed E-state index contributed by atoms with van der Waals surface area (Å²) in [5.74, 6) is -1.62. The molecule has 5 nitrogen and oxygen atoms in total. The Morgan fingerprint density at radius 1 is 1.31 bits per heavy atom. The third-order valence-corrected chi connectivity index (χ3v) is 6.13. The highest BCUT2D eigenvalue weighted by Crippen LogP contribution is 2.42. The van der Waals surface area contributed by atoms with Crippen molar-refractivity contribution in [1.29, 1.82) is 0 Å². The molecule has 0 unspecified atom stereocenters. The van der Waals surface area contributed by atoms with Gasteiger partial charge in [0, 0.05) is 18.5 Å². The largest absolute Gasteiger partial charge is 0.481 e. The molecule has 0 spiro atoms. The van der Waals surface area contributed by atoms with Gasteiger partial charge in [-0.15, -0.1) is 0 Å². The second-order valence-electron chi connectivity index (χ2n) is 8.07. The first-order chi connectivity index (χ1) is 12.3. The van der Waals surface area contributed by atoms with Crippen LogP contribution >= 0.6 is 0 Å². The molecule has 2 fully saturated rings. The molecule has 6 heteroatoms. The summed E-state index contributed by atoms with van der Waals surface area (Å²) >= 11 is 0. The Morgan fingerprint density at radius 3 is 2.62 bits per heavy atom. The molecule has 26 heavy (non-hydrogen) atoms. The minimum absolute atomic E-state index is 0.0121. The van der Waals surface area contributed by atoms with Gasteiger partial charge in [0.15, 0.2) is 0 Å². The summed E-state index contributed by atoms with van der Waals surface area (Å²) in [6, 6.07) is 5.76. The molecule has 2 aliphatic rings. The Hall–Kier alpha value is -1.95. The lowest BCUT2D eigenvalue weighted by Crippen LogP contribution is -2.60. The van der Waals surface area contributed by atoms with Crippen molar-refractivity contribution < 1.29 is 24.2 Å². The number of carboxylic acids is 1. The van der Waals surface area contributed by atoms with E-state index in [2.05, 4.69) is 0 Å². The Labute approximate surface area is 152 Å². The van der Waals surface area contributed by atoms with Crippen molar-refractivity contribution in [2.24, 2.45) is 10.8 Å². The maximum absolute atomic E-state index is 13.5. The van der Waals surface area contributed by atoms with Gasteiger partial charge in [0.05, 0.1) is 6.10 Å². The summed E-state index contributed by atoms with van der Waals surface area (Å²) < 4.78 is 13.5. The number of rotatable bonds is 4. The first-order valence-corrected chi connectivity index (χ1v) is 9.22. The number of aliphatic carboxylic acids is 1. The van der Waals surface area contributed by atoms with Crippen LogP contribution in [0.1, 0.15) is 44.6 Å². The number of amides is 1. The number of hydrogen-bond donors (Lipinski definition) is 2. The summed E-state index contributed by atoms with van der Waals surface area (Å²) in [6.07, 6.45) is 2.76. The highest BCUT2D eigenvalue weighted by molar-refractivity contribution is 5.84. The smallest absolute Gasteiger partial charge is 0.314 e.